The van der Waals surface area contributed by atoms with Crippen molar-refractivity contribution in [1.82, 2.24) is 9.97 Å². The van der Waals surface area contributed by atoms with Crippen LogP contribution < -0.4 is 10.9 Å². The normalized spacial score (nSPS) is 12.1. The van der Waals surface area contributed by atoms with Crippen LogP contribution in [-0.2, 0) is 4.79 Å². The summed E-state index contributed by atoms with van der Waals surface area (Å²) < 4.78 is 0. The maximum atomic E-state index is 12.8. The van der Waals surface area contributed by atoms with E-state index < -0.39 is 5.25 Å². The third kappa shape index (κ3) is 4.04. The number of amides is 1. The van der Waals surface area contributed by atoms with E-state index in [1.165, 1.54) is 23.1 Å². The van der Waals surface area contributed by atoms with Crippen molar-refractivity contribution in [3.05, 3.63) is 75.4 Å². The number of carbonyl (C=O) groups excluding carboxylic acids is 1. The van der Waals surface area contributed by atoms with E-state index in [1.807, 2.05) is 67.8 Å². The van der Waals surface area contributed by atoms with E-state index in [0.717, 1.165) is 27.9 Å². The van der Waals surface area contributed by atoms with Crippen molar-refractivity contribution in [3.8, 4) is 11.1 Å². The highest BCUT2D eigenvalue weighted by Gasteiger charge is 2.19. The maximum Gasteiger partial charge on any atom is 0.260 e. The number of anilines is 1. The van der Waals surface area contributed by atoms with Crippen LogP contribution in [0.1, 0.15) is 18.1 Å². The predicted octanol–water partition coefficient (Wildman–Crippen LogP) is 5.39. The highest BCUT2D eigenvalue weighted by Crippen LogP contribution is 2.32. The van der Waals surface area contributed by atoms with Crippen molar-refractivity contribution in [1.29, 1.82) is 0 Å². The van der Waals surface area contributed by atoms with Crippen molar-refractivity contribution in [2.45, 2.75) is 31.2 Å². The molecule has 4 rings (SSSR count). The second-order valence-corrected chi connectivity index (χ2v) is 9.25. The van der Waals surface area contributed by atoms with Crippen LogP contribution in [0.2, 0.25) is 0 Å². The van der Waals surface area contributed by atoms with Crippen LogP contribution in [0, 0.1) is 13.8 Å². The molecule has 2 N–H and O–H groups in total. The molecule has 0 saturated heterocycles. The van der Waals surface area contributed by atoms with Crippen molar-refractivity contribution in [2.24, 2.45) is 0 Å². The summed E-state index contributed by atoms with van der Waals surface area (Å²) in [6, 6.07) is 15.6. The number of thioether (sulfide) groups is 1. The number of nitrogens with one attached hydrogen (secondary N) is 2. The summed E-state index contributed by atoms with van der Waals surface area (Å²) in [6.45, 7) is 5.80. The van der Waals surface area contributed by atoms with Gasteiger partial charge >= 0.3 is 0 Å². The molecule has 1 unspecified atom stereocenters. The van der Waals surface area contributed by atoms with Crippen LogP contribution >= 0.6 is 23.1 Å². The van der Waals surface area contributed by atoms with Gasteiger partial charge in [0.1, 0.15) is 4.83 Å². The Hall–Kier alpha value is -2.90. The van der Waals surface area contributed by atoms with E-state index in [9.17, 15) is 9.59 Å². The van der Waals surface area contributed by atoms with Crippen LogP contribution in [0.3, 0.4) is 0 Å². The molecule has 0 fully saturated rings. The average Bonchev–Trinajstić information content (AvgIpc) is 3.16. The van der Waals surface area contributed by atoms with Crippen molar-refractivity contribution >= 4 is 44.9 Å². The number of rotatable bonds is 5. The van der Waals surface area contributed by atoms with E-state index in [-0.39, 0.29) is 11.5 Å². The van der Waals surface area contributed by atoms with Gasteiger partial charge in [-0.25, -0.2) is 4.98 Å². The quantitative estimate of drug-likeness (QED) is 0.326. The molecular formula is C23H21N3O2S2. The number of aryl methyl sites for hydroxylation is 1. The monoisotopic (exact) mass is 435 g/mol. The molecule has 0 aliphatic heterocycles. The molecule has 0 spiro atoms. The SMILES string of the molecule is Cc1cccc(NC(=O)C(C)Sc2nc3scc(-c4ccccc4)c3c(=O)[nH]2)c1C. The highest BCUT2D eigenvalue weighted by atomic mass is 32.2. The Bertz CT molecular complexity index is 1280. The first-order chi connectivity index (χ1) is 14.4. The predicted molar refractivity (Wildman–Crippen MR) is 126 cm³/mol. The van der Waals surface area contributed by atoms with Gasteiger partial charge in [0, 0.05) is 16.6 Å². The summed E-state index contributed by atoms with van der Waals surface area (Å²) in [4.78, 5) is 33.5. The number of benzene rings is 2. The van der Waals surface area contributed by atoms with Crippen LogP contribution in [-0.4, -0.2) is 21.1 Å². The Morgan fingerprint density at radius 1 is 1.13 bits per heavy atom. The van der Waals surface area contributed by atoms with Gasteiger partial charge in [0.25, 0.3) is 5.56 Å². The average molecular weight is 436 g/mol. The van der Waals surface area contributed by atoms with Crippen LogP contribution in [0.4, 0.5) is 5.69 Å². The minimum atomic E-state index is -0.418. The zero-order chi connectivity index (χ0) is 21.3. The number of aromatic nitrogens is 2. The molecule has 0 aliphatic rings. The third-order valence-electron chi connectivity index (χ3n) is 5.03. The summed E-state index contributed by atoms with van der Waals surface area (Å²) in [5.74, 6) is -0.132. The smallest absolute Gasteiger partial charge is 0.260 e. The minimum Gasteiger partial charge on any atom is -0.325 e. The first-order valence-electron chi connectivity index (χ1n) is 9.54. The summed E-state index contributed by atoms with van der Waals surface area (Å²) >= 11 is 2.68. The van der Waals surface area contributed by atoms with E-state index in [2.05, 4.69) is 15.3 Å². The summed E-state index contributed by atoms with van der Waals surface area (Å²) in [5.41, 5.74) is 4.64. The molecule has 0 bridgehead atoms. The van der Waals surface area contributed by atoms with Crippen molar-refractivity contribution in [2.75, 3.05) is 5.32 Å². The first-order valence-corrected chi connectivity index (χ1v) is 11.3. The van der Waals surface area contributed by atoms with Gasteiger partial charge in [-0.3, -0.25) is 9.59 Å². The molecule has 0 saturated carbocycles. The fourth-order valence-corrected chi connectivity index (χ4v) is 4.96. The molecule has 30 heavy (non-hydrogen) atoms. The van der Waals surface area contributed by atoms with E-state index in [4.69, 9.17) is 0 Å². The van der Waals surface area contributed by atoms with Crippen LogP contribution in [0.15, 0.2) is 63.9 Å². The lowest BCUT2D eigenvalue weighted by Crippen LogP contribution is -2.23. The lowest BCUT2D eigenvalue weighted by atomic mass is 10.1. The fourth-order valence-electron chi connectivity index (χ4n) is 3.16. The molecule has 5 nitrogen and oxygen atoms in total. The first kappa shape index (κ1) is 20.4. The molecule has 2 heterocycles. The largest absolute Gasteiger partial charge is 0.325 e. The number of thiophene rings is 1. The van der Waals surface area contributed by atoms with Crippen molar-refractivity contribution < 1.29 is 4.79 Å². The summed E-state index contributed by atoms with van der Waals surface area (Å²) in [7, 11) is 0. The Morgan fingerprint density at radius 2 is 1.90 bits per heavy atom. The second kappa shape index (κ2) is 8.45. The molecule has 4 aromatic rings. The summed E-state index contributed by atoms with van der Waals surface area (Å²) in [5, 5.41) is 5.53. The Kier molecular flexibility index (Phi) is 5.74. The number of hydrogen-bond acceptors (Lipinski definition) is 5. The Labute approximate surface area is 182 Å². The molecule has 2 aromatic heterocycles. The van der Waals surface area contributed by atoms with Gasteiger partial charge in [-0.1, -0.05) is 54.2 Å². The van der Waals surface area contributed by atoms with Gasteiger partial charge in [-0.2, -0.15) is 0 Å². The molecule has 1 amide bonds. The summed E-state index contributed by atoms with van der Waals surface area (Å²) in [6.07, 6.45) is 0. The second-order valence-electron chi connectivity index (χ2n) is 7.06. The van der Waals surface area contributed by atoms with Crippen molar-refractivity contribution in [3.63, 3.8) is 0 Å². The molecule has 0 aliphatic carbocycles. The number of aromatic amines is 1. The molecule has 1 atom stereocenters. The third-order valence-corrected chi connectivity index (χ3v) is 6.88. The number of fused-ring (bicyclic) bond motifs is 1. The Morgan fingerprint density at radius 3 is 2.67 bits per heavy atom. The highest BCUT2D eigenvalue weighted by molar-refractivity contribution is 8.00. The van der Waals surface area contributed by atoms with E-state index in [0.29, 0.717) is 15.4 Å². The lowest BCUT2D eigenvalue weighted by molar-refractivity contribution is -0.115. The number of hydrogen-bond donors (Lipinski definition) is 2. The van der Waals surface area contributed by atoms with Gasteiger partial charge in [0.2, 0.25) is 5.91 Å². The Balaban J connectivity index is 1.56. The van der Waals surface area contributed by atoms with Gasteiger partial charge < -0.3 is 10.3 Å². The number of nitrogens with zero attached hydrogens (tertiary/aromatic N) is 1. The van der Waals surface area contributed by atoms with E-state index in [1.54, 1.807) is 6.92 Å². The molecule has 2 aromatic carbocycles. The van der Waals surface area contributed by atoms with Gasteiger partial charge in [0.15, 0.2) is 5.16 Å². The van der Waals surface area contributed by atoms with E-state index >= 15 is 0 Å². The molecule has 7 heteroatoms. The van der Waals surface area contributed by atoms with Gasteiger partial charge in [0.05, 0.1) is 10.6 Å². The maximum absolute atomic E-state index is 12.8. The topological polar surface area (TPSA) is 74.8 Å². The minimum absolute atomic E-state index is 0.132. The lowest BCUT2D eigenvalue weighted by Gasteiger charge is -2.14. The molecular weight excluding hydrogens is 414 g/mol. The molecule has 0 radical (unpaired) electrons. The fraction of sp³-hybridized carbons (Fsp3) is 0.174. The zero-order valence-corrected chi connectivity index (χ0v) is 18.5. The number of carbonyl (C=O) groups is 1. The molecule has 152 valence electrons. The van der Waals surface area contributed by atoms with Gasteiger partial charge in [-0.05, 0) is 43.5 Å². The van der Waals surface area contributed by atoms with Gasteiger partial charge in [-0.15, -0.1) is 11.3 Å². The number of H-pyrrole nitrogens is 1. The zero-order valence-electron chi connectivity index (χ0n) is 16.9. The standard InChI is InChI=1S/C23H21N3O2S2/c1-13-8-7-11-18(14(13)2)24-20(27)15(3)30-23-25-21(28)19-17(12-29-22(19)26-23)16-9-5-4-6-10-16/h4-12,15H,1-3H3,(H,24,27)(H,25,26,28). The van der Waals surface area contributed by atoms with Crippen LogP contribution in [0.25, 0.3) is 21.3 Å². The van der Waals surface area contributed by atoms with Crippen LogP contribution in [0.5, 0.6) is 0 Å².